The van der Waals surface area contributed by atoms with Gasteiger partial charge in [0.15, 0.2) is 0 Å². The number of amides is 2. The minimum atomic E-state index is -0.798. The van der Waals surface area contributed by atoms with Gasteiger partial charge in [0.2, 0.25) is 5.91 Å². The van der Waals surface area contributed by atoms with Gasteiger partial charge in [0.25, 0.3) is 5.91 Å². The smallest absolute Gasteiger partial charge is 0.262 e. The third kappa shape index (κ3) is 5.04. The summed E-state index contributed by atoms with van der Waals surface area (Å²) in [4.78, 5) is 25.2. The van der Waals surface area contributed by atoms with E-state index in [1.807, 2.05) is 25.3 Å². The second-order valence-electron chi connectivity index (χ2n) is 6.68. The summed E-state index contributed by atoms with van der Waals surface area (Å²) in [7, 11) is 0. The van der Waals surface area contributed by atoms with Crippen molar-refractivity contribution in [3.63, 3.8) is 0 Å². The highest BCUT2D eigenvalue weighted by Gasteiger charge is 2.31. The fraction of sp³-hybridized carbons (Fsp3) is 0.647. The second-order valence-corrected chi connectivity index (χ2v) is 7.62. The van der Waals surface area contributed by atoms with Crippen LogP contribution in [0.1, 0.15) is 55.6 Å². The SMILES string of the molecule is CC(C)C(NC(=O)c1cccs1)C(=O)NCC1(O)CCCCC1. The monoisotopic (exact) mass is 338 g/mol. The number of aliphatic hydroxyl groups is 1. The average Bonchev–Trinajstić information content (AvgIpc) is 3.05. The summed E-state index contributed by atoms with van der Waals surface area (Å²) in [5, 5.41) is 17.9. The van der Waals surface area contributed by atoms with Crippen molar-refractivity contribution in [1.82, 2.24) is 10.6 Å². The van der Waals surface area contributed by atoms with E-state index in [2.05, 4.69) is 10.6 Å². The van der Waals surface area contributed by atoms with Gasteiger partial charge in [-0.3, -0.25) is 9.59 Å². The number of thiophene rings is 1. The zero-order valence-corrected chi connectivity index (χ0v) is 14.6. The Morgan fingerprint density at radius 3 is 2.57 bits per heavy atom. The van der Waals surface area contributed by atoms with Crippen LogP contribution in [0.2, 0.25) is 0 Å². The molecule has 2 rings (SSSR count). The van der Waals surface area contributed by atoms with Crippen LogP contribution in [0.25, 0.3) is 0 Å². The van der Waals surface area contributed by atoms with Gasteiger partial charge in [-0.2, -0.15) is 0 Å². The zero-order chi connectivity index (χ0) is 16.9. The van der Waals surface area contributed by atoms with Crippen molar-refractivity contribution in [2.45, 2.75) is 57.6 Å². The Kier molecular flexibility index (Phi) is 6.18. The van der Waals surface area contributed by atoms with Crippen molar-refractivity contribution in [2.24, 2.45) is 5.92 Å². The minimum Gasteiger partial charge on any atom is -0.388 e. The van der Waals surface area contributed by atoms with Gasteiger partial charge < -0.3 is 15.7 Å². The van der Waals surface area contributed by atoms with Gasteiger partial charge in [-0.1, -0.05) is 39.2 Å². The van der Waals surface area contributed by atoms with E-state index in [0.29, 0.717) is 4.88 Å². The lowest BCUT2D eigenvalue weighted by molar-refractivity contribution is -0.125. The van der Waals surface area contributed by atoms with E-state index in [4.69, 9.17) is 0 Å². The van der Waals surface area contributed by atoms with Crippen molar-refractivity contribution in [1.29, 1.82) is 0 Å². The Hall–Kier alpha value is -1.40. The molecule has 1 aromatic heterocycles. The van der Waals surface area contributed by atoms with Crippen LogP contribution >= 0.6 is 11.3 Å². The molecule has 0 radical (unpaired) electrons. The first-order chi connectivity index (χ1) is 10.9. The molecule has 128 valence electrons. The largest absolute Gasteiger partial charge is 0.388 e. The Morgan fingerprint density at radius 2 is 2.00 bits per heavy atom. The second kappa shape index (κ2) is 7.93. The number of carbonyl (C=O) groups is 2. The molecule has 5 nitrogen and oxygen atoms in total. The van der Waals surface area contributed by atoms with Crippen LogP contribution in [0.4, 0.5) is 0 Å². The molecule has 0 aliphatic heterocycles. The maximum Gasteiger partial charge on any atom is 0.262 e. The van der Waals surface area contributed by atoms with Crippen LogP contribution in [0.3, 0.4) is 0 Å². The lowest BCUT2D eigenvalue weighted by atomic mass is 9.85. The summed E-state index contributed by atoms with van der Waals surface area (Å²) >= 11 is 1.35. The highest BCUT2D eigenvalue weighted by Crippen LogP contribution is 2.27. The van der Waals surface area contributed by atoms with Gasteiger partial charge in [-0.25, -0.2) is 0 Å². The molecule has 1 saturated carbocycles. The molecule has 0 bridgehead atoms. The number of rotatable bonds is 6. The van der Waals surface area contributed by atoms with Crippen LogP contribution in [0, 0.1) is 5.92 Å². The van der Waals surface area contributed by atoms with E-state index >= 15 is 0 Å². The quantitative estimate of drug-likeness (QED) is 0.745. The van der Waals surface area contributed by atoms with Crippen molar-refractivity contribution >= 4 is 23.2 Å². The van der Waals surface area contributed by atoms with Gasteiger partial charge in [0.1, 0.15) is 6.04 Å². The summed E-state index contributed by atoms with van der Waals surface area (Å²) in [5.74, 6) is -0.492. The summed E-state index contributed by atoms with van der Waals surface area (Å²) in [5.41, 5.74) is -0.798. The molecule has 0 saturated heterocycles. The molecule has 1 aliphatic carbocycles. The first-order valence-electron chi connectivity index (χ1n) is 8.26. The Balaban J connectivity index is 1.91. The standard InChI is InChI=1S/C17H26N2O3S/c1-12(2)14(19-15(20)13-7-6-10-23-13)16(21)18-11-17(22)8-4-3-5-9-17/h6-7,10,12,14,22H,3-5,8-9,11H2,1-2H3,(H,18,21)(H,19,20). The molecule has 1 aromatic rings. The maximum atomic E-state index is 12.4. The van der Waals surface area contributed by atoms with Crippen molar-refractivity contribution in [2.75, 3.05) is 6.54 Å². The molecule has 1 aliphatic rings. The molecule has 0 aromatic carbocycles. The predicted octanol–water partition coefficient (Wildman–Crippen LogP) is 2.31. The van der Waals surface area contributed by atoms with Crippen molar-refractivity contribution in [3.8, 4) is 0 Å². The third-order valence-corrected chi connectivity index (χ3v) is 5.23. The highest BCUT2D eigenvalue weighted by atomic mass is 32.1. The van der Waals surface area contributed by atoms with Crippen LogP contribution in [0.5, 0.6) is 0 Å². The molecular formula is C17H26N2O3S. The van der Waals surface area contributed by atoms with E-state index in [-0.39, 0.29) is 24.3 Å². The van der Waals surface area contributed by atoms with E-state index < -0.39 is 11.6 Å². The number of carbonyl (C=O) groups excluding carboxylic acids is 2. The maximum absolute atomic E-state index is 12.4. The molecule has 1 atom stereocenters. The highest BCUT2D eigenvalue weighted by molar-refractivity contribution is 7.12. The number of hydrogen-bond acceptors (Lipinski definition) is 4. The fourth-order valence-electron chi connectivity index (χ4n) is 2.90. The van der Waals surface area contributed by atoms with E-state index in [0.717, 1.165) is 32.1 Å². The van der Waals surface area contributed by atoms with Crippen LogP contribution in [-0.2, 0) is 4.79 Å². The van der Waals surface area contributed by atoms with Gasteiger partial charge in [0, 0.05) is 6.54 Å². The van der Waals surface area contributed by atoms with Crippen LogP contribution in [-0.4, -0.2) is 35.1 Å². The van der Waals surface area contributed by atoms with E-state index in [1.54, 1.807) is 6.07 Å². The van der Waals surface area contributed by atoms with Crippen molar-refractivity contribution < 1.29 is 14.7 Å². The molecule has 1 fully saturated rings. The molecule has 1 heterocycles. The summed E-state index contributed by atoms with van der Waals surface area (Å²) in [6.45, 7) is 4.05. The molecule has 6 heteroatoms. The van der Waals surface area contributed by atoms with Crippen molar-refractivity contribution in [3.05, 3.63) is 22.4 Å². The van der Waals surface area contributed by atoms with Gasteiger partial charge in [0.05, 0.1) is 10.5 Å². The fourth-order valence-corrected chi connectivity index (χ4v) is 3.53. The molecule has 3 N–H and O–H groups in total. The summed E-state index contributed by atoms with van der Waals surface area (Å²) < 4.78 is 0. The first-order valence-corrected chi connectivity index (χ1v) is 9.14. The van der Waals surface area contributed by atoms with Crippen LogP contribution < -0.4 is 10.6 Å². The number of nitrogens with one attached hydrogen (secondary N) is 2. The Labute approximate surface area is 141 Å². The van der Waals surface area contributed by atoms with Crippen LogP contribution in [0.15, 0.2) is 17.5 Å². The summed E-state index contributed by atoms with van der Waals surface area (Å²) in [6, 6.07) is 2.94. The Bertz CT molecular complexity index is 522. The minimum absolute atomic E-state index is 0.0279. The van der Waals surface area contributed by atoms with Gasteiger partial charge in [-0.05, 0) is 30.2 Å². The molecule has 1 unspecified atom stereocenters. The first kappa shape index (κ1) is 17.9. The molecule has 0 spiro atoms. The van der Waals surface area contributed by atoms with Gasteiger partial charge in [-0.15, -0.1) is 11.3 Å². The van der Waals surface area contributed by atoms with E-state index in [9.17, 15) is 14.7 Å². The molecular weight excluding hydrogens is 312 g/mol. The average molecular weight is 338 g/mol. The predicted molar refractivity (Wildman–Crippen MR) is 91.5 cm³/mol. The van der Waals surface area contributed by atoms with Gasteiger partial charge >= 0.3 is 0 Å². The summed E-state index contributed by atoms with van der Waals surface area (Å²) in [6.07, 6.45) is 4.58. The third-order valence-electron chi connectivity index (χ3n) is 4.36. The Morgan fingerprint density at radius 1 is 1.30 bits per heavy atom. The normalized spacial score (nSPS) is 18.4. The molecule has 23 heavy (non-hydrogen) atoms. The lowest BCUT2D eigenvalue weighted by Gasteiger charge is -2.33. The topological polar surface area (TPSA) is 78.4 Å². The number of hydrogen-bond donors (Lipinski definition) is 3. The van der Waals surface area contributed by atoms with E-state index in [1.165, 1.54) is 11.3 Å². The lowest BCUT2D eigenvalue weighted by Crippen LogP contribution is -2.53. The zero-order valence-electron chi connectivity index (χ0n) is 13.8. The molecule has 2 amide bonds.